The third kappa shape index (κ3) is 2.89. The standard InChI is InChI=1S/C12H17NO3/c1-4-12(2,3)16-8-5-6-10(13)9(7-8)11(14)15/h5-7H,4,13H2,1-3H3,(H,14,15). The van der Waals surface area contributed by atoms with Crippen molar-refractivity contribution in [2.45, 2.75) is 32.8 Å². The van der Waals surface area contributed by atoms with Crippen LogP contribution < -0.4 is 10.5 Å². The molecule has 0 atom stereocenters. The van der Waals surface area contributed by atoms with Crippen molar-refractivity contribution >= 4 is 11.7 Å². The number of nitrogen functional groups attached to an aromatic ring is 1. The summed E-state index contributed by atoms with van der Waals surface area (Å²) in [5.41, 5.74) is 5.55. The van der Waals surface area contributed by atoms with Crippen LogP contribution in [0.3, 0.4) is 0 Å². The van der Waals surface area contributed by atoms with Crippen molar-refractivity contribution in [2.75, 3.05) is 5.73 Å². The van der Waals surface area contributed by atoms with Gasteiger partial charge in [0.15, 0.2) is 0 Å². The van der Waals surface area contributed by atoms with Gasteiger partial charge in [-0.1, -0.05) is 6.92 Å². The highest BCUT2D eigenvalue weighted by molar-refractivity contribution is 5.94. The number of carboxylic acids is 1. The molecule has 0 aliphatic carbocycles. The van der Waals surface area contributed by atoms with Crippen LogP contribution in [0.25, 0.3) is 0 Å². The number of carbonyl (C=O) groups is 1. The molecule has 0 heterocycles. The van der Waals surface area contributed by atoms with Crippen LogP contribution in [0.1, 0.15) is 37.6 Å². The first-order valence-electron chi connectivity index (χ1n) is 5.17. The molecule has 4 heteroatoms. The van der Waals surface area contributed by atoms with E-state index in [2.05, 4.69) is 0 Å². The summed E-state index contributed by atoms with van der Waals surface area (Å²) in [7, 11) is 0. The average Bonchev–Trinajstić information content (AvgIpc) is 2.20. The summed E-state index contributed by atoms with van der Waals surface area (Å²) < 4.78 is 5.68. The Bertz CT molecular complexity index is 399. The van der Waals surface area contributed by atoms with E-state index < -0.39 is 5.97 Å². The molecule has 0 spiro atoms. The molecular weight excluding hydrogens is 206 g/mol. The van der Waals surface area contributed by atoms with Crippen LogP contribution in [-0.2, 0) is 0 Å². The molecular formula is C12H17NO3. The van der Waals surface area contributed by atoms with Gasteiger partial charge in [0.05, 0.1) is 5.56 Å². The fraction of sp³-hybridized carbons (Fsp3) is 0.417. The molecule has 0 amide bonds. The number of rotatable bonds is 4. The fourth-order valence-corrected chi connectivity index (χ4v) is 1.18. The Balaban J connectivity index is 3.00. The van der Waals surface area contributed by atoms with Gasteiger partial charge < -0.3 is 15.6 Å². The van der Waals surface area contributed by atoms with E-state index in [0.717, 1.165) is 6.42 Å². The molecule has 0 radical (unpaired) electrons. The van der Waals surface area contributed by atoms with Crippen LogP contribution in [0, 0.1) is 0 Å². The van der Waals surface area contributed by atoms with Gasteiger partial charge in [-0.25, -0.2) is 4.79 Å². The summed E-state index contributed by atoms with van der Waals surface area (Å²) in [6.07, 6.45) is 0.833. The van der Waals surface area contributed by atoms with E-state index in [4.69, 9.17) is 15.6 Å². The number of carboxylic acid groups (broad SMARTS) is 1. The Labute approximate surface area is 95.0 Å². The molecule has 88 valence electrons. The first-order chi connectivity index (χ1) is 7.35. The summed E-state index contributed by atoms with van der Waals surface area (Å²) in [5.74, 6) is -0.518. The lowest BCUT2D eigenvalue weighted by atomic mass is 10.1. The summed E-state index contributed by atoms with van der Waals surface area (Å²) in [6.45, 7) is 5.91. The van der Waals surface area contributed by atoms with Crippen molar-refractivity contribution in [1.82, 2.24) is 0 Å². The summed E-state index contributed by atoms with van der Waals surface area (Å²) in [6, 6.07) is 4.68. The normalized spacial score (nSPS) is 11.2. The molecule has 0 fully saturated rings. The molecule has 1 rings (SSSR count). The van der Waals surface area contributed by atoms with Crippen LogP contribution in [0.2, 0.25) is 0 Å². The zero-order valence-electron chi connectivity index (χ0n) is 9.78. The summed E-state index contributed by atoms with van der Waals surface area (Å²) >= 11 is 0. The molecule has 0 aliphatic rings. The van der Waals surface area contributed by atoms with E-state index in [1.54, 1.807) is 12.1 Å². The second-order valence-electron chi connectivity index (χ2n) is 4.27. The summed E-state index contributed by atoms with van der Waals surface area (Å²) in [5, 5.41) is 8.91. The average molecular weight is 223 g/mol. The van der Waals surface area contributed by atoms with E-state index in [1.807, 2.05) is 20.8 Å². The molecule has 0 bridgehead atoms. The van der Waals surface area contributed by atoms with Crippen LogP contribution in [-0.4, -0.2) is 16.7 Å². The molecule has 1 aromatic carbocycles. The second kappa shape index (κ2) is 4.43. The highest BCUT2D eigenvalue weighted by atomic mass is 16.5. The van der Waals surface area contributed by atoms with E-state index in [-0.39, 0.29) is 16.9 Å². The van der Waals surface area contributed by atoms with Gasteiger partial charge in [0.25, 0.3) is 0 Å². The number of hydrogen-bond donors (Lipinski definition) is 2. The number of nitrogens with two attached hydrogens (primary N) is 1. The van der Waals surface area contributed by atoms with Gasteiger partial charge in [-0.15, -0.1) is 0 Å². The molecule has 0 saturated carbocycles. The van der Waals surface area contributed by atoms with Crippen LogP contribution in [0.5, 0.6) is 5.75 Å². The fourth-order valence-electron chi connectivity index (χ4n) is 1.18. The van der Waals surface area contributed by atoms with Crippen molar-refractivity contribution in [2.24, 2.45) is 0 Å². The maximum absolute atomic E-state index is 10.9. The Morgan fingerprint density at radius 2 is 2.12 bits per heavy atom. The molecule has 4 nitrogen and oxygen atoms in total. The van der Waals surface area contributed by atoms with E-state index >= 15 is 0 Å². The first-order valence-corrected chi connectivity index (χ1v) is 5.17. The van der Waals surface area contributed by atoms with Crippen LogP contribution in [0.15, 0.2) is 18.2 Å². The molecule has 0 aliphatic heterocycles. The van der Waals surface area contributed by atoms with Gasteiger partial charge in [-0.2, -0.15) is 0 Å². The summed E-state index contributed by atoms with van der Waals surface area (Å²) in [4.78, 5) is 10.9. The highest BCUT2D eigenvalue weighted by Crippen LogP contribution is 2.24. The number of aromatic carboxylic acids is 1. The van der Waals surface area contributed by atoms with Gasteiger partial charge in [-0.3, -0.25) is 0 Å². The van der Waals surface area contributed by atoms with Crippen molar-refractivity contribution in [3.63, 3.8) is 0 Å². The molecule has 0 unspecified atom stereocenters. The van der Waals surface area contributed by atoms with Crippen LogP contribution in [0.4, 0.5) is 5.69 Å². The Kier molecular flexibility index (Phi) is 3.42. The van der Waals surface area contributed by atoms with E-state index in [9.17, 15) is 4.79 Å². The third-order valence-electron chi connectivity index (χ3n) is 2.50. The second-order valence-corrected chi connectivity index (χ2v) is 4.27. The van der Waals surface area contributed by atoms with Gasteiger partial charge in [-0.05, 0) is 38.5 Å². The van der Waals surface area contributed by atoms with E-state index in [0.29, 0.717) is 5.75 Å². The molecule has 0 saturated heterocycles. The lowest BCUT2D eigenvalue weighted by Gasteiger charge is -2.25. The predicted molar refractivity (Wildman–Crippen MR) is 62.8 cm³/mol. The minimum atomic E-state index is -1.04. The lowest BCUT2D eigenvalue weighted by molar-refractivity contribution is 0.0694. The Morgan fingerprint density at radius 3 is 2.62 bits per heavy atom. The van der Waals surface area contributed by atoms with E-state index in [1.165, 1.54) is 6.07 Å². The maximum Gasteiger partial charge on any atom is 0.337 e. The number of benzene rings is 1. The minimum absolute atomic E-state index is 0.0735. The third-order valence-corrected chi connectivity index (χ3v) is 2.50. The Morgan fingerprint density at radius 1 is 1.50 bits per heavy atom. The van der Waals surface area contributed by atoms with Crippen LogP contribution >= 0.6 is 0 Å². The minimum Gasteiger partial charge on any atom is -0.488 e. The SMILES string of the molecule is CCC(C)(C)Oc1ccc(N)c(C(=O)O)c1. The van der Waals surface area contributed by atoms with Crippen molar-refractivity contribution in [1.29, 1.82) is 0 Å². The largest absolute Gasteiger partial charge is 0.488 e. The molecule has 16 heavy (non-hydrogen) atoms. The zero-order valence-corrected chi connectivity index (χ0v) is 9.78. The Hall–Kier alpha value is -1.71. The van der Waals surface area contributed by atoms with Gasteiger partial charge >= 0.3 is 5.97 Å². The number of anilines is 1. The first kappa shape index (κ1) is 12.4. The smallest absolute Gasteiger partial charge is 0.337 e. The predicted octanol–water partition coefficient (Wildman–Crippen LogP) is 2.53. The van der Waals surface area contributed by atoms with Gasteiger partial charge in [0.1, 0.15) is 11.4 Å². The maximum atomic E-state index is 10.9. The molecule has 0 aromatic heterocycles. The topological polar surface area (TPSA) is 72.5 Å². The van der Waals surface area contributed by atoms with Gasteiger partial charge in [0.2, 0.25) is 0 Å². The zero-order chi connectivity index (χ0) is 12.3. The van der Waals surface area contributed by atoms with Crippen molar-refractivity contribution in [3.05, 3.63) is 23.8 Å². The lowest BCUT2D eigenvalue weighted by Crippen LogP contribution is -2.26. The van der Waals surface area contributed by atoms with Gasteiger partial charge in [0, 0.05) is 5.69 Å². The molecule has 3 N–H and O–H groups in total. The van der Waals surface area contributed by atoms with Crippen molar-refractivity contribution in [3.8, 4) is 5.75 Å². The number of hydrogen-bond acceptors (Lipinski definition) is 3. The highest BCUT2D eigenvalue weighted by Gasteiger charge is 2.18. The van der Waals surface area contributed by atoms with Crippen molar-refractivity contribution < 1.29 is 14.6 Å². The monoisotopic (exact) mass is 223 g/mol. The quantitative estimate of drug-likeness (QED) is 0.769. The number of ether oxygens (including phenoxy) is 1. The molecule has 1 aromatic rings.